The number of halogens is 1. The average Bonchev–Trinajstić information content (AvgIpc) is 2.19. The van der Waals surface area contributed by atoms with Crippen molar-refractivity contribution >= 4 is 21.8 Å². The Labute approximate surface area is 111 Å². The molecule has 1 rings (SSSR count). The van der Waals surface area contributed by atoms with Gasteiger partial charge < -0.3 is 10.5 Å². The van der Waals surface area contributed by atoms with Gasteiger partial charge in [-0.15, -0.1) is 0 Å². The first kappa shape index (κ1) is 14.0. The lowest BCUT2D eigenvalue weighted by molar-refractivity contribution is 0.192. The van der Waals surface area contributed by atoms with Crippen LogP contribution in [0.1, 0.15) is 32.8 Å². The SMILES string of the molecule is CC(C)CC(C)Oc1ccc(C(=N)N)cc1Br. The lowest BCUT2D eigenvalue weighted by atomic mass is 10.1. The van der Waals surface area contributed by atoms with E-state index in [0.29, 0.717) is 11.5 Å². The molecular formula is C13H19BrN2O. The molecule has 94 valence electrons. The average molecular weight is 299 g/mol. The fourth-order valence-electron chi connectivity index (χ4n) is 1.69. The van der Waals surface area contributed by atoms with E-state index in [1.165, 1.54) is 0 Å². The fourth-order valence-corrected chi connectivity index (χ4v) is 2.16. The summed E-state index contributed by atoms with van der Waals surface area (Å²) in [4.78, 5) is 0. The quantitative estimate of drug-likeness (QED) is 0.645. The van der Waals surface area contributed by atoms with Crippen LogP contribution in [0.15, 0.2) is 22.7 Å². The molecule has 0 aromatic heterocycles. The summed E-state index contributed by atoms with van der Waals surface area (Å²) in [5.74, 6) is 1.47. The van der Waals surface area contributed by atoms with Gasteiger partial charge in [0.1, 0.15) is 11.6 Å². The molecule has 0 radical (unpaired) electrons. The molecule has 1 unspecified atom stereocenters. The molecule has 0 heterocycles. The summed E-state index contributed by atoms with van der Waals surface area (Å²) in [6.45, 7) is 6.41. The second-order valence-corrected chi connectivity index (χ2v) is 5.47. The summed E-state index contributed by atoms with van der Waals surface area (Å²) in [5, 5.41) is 7.35. The van der Waals surface area contributed by atoms with Crippen molar-refractivity contribution in [2.45, 2.75) is 33.3 Å². The Hall–Kier alpha value is -1.03. The molecule has 3 nitrogen and oxygen atoms in total. The molecule has 0 saturated heterocycles. The number of hydrogen-bond donors (Lipinski definition) is 2. The molecule has 0 aliphatic carbocycles. The summed E-state index contributed by atoms with van der Waals surface area (Å²) >= 11 is 3.43. The van der Waals surface area contributed by atoms with E-state index in [2.05, 4.69) is 36.7 Å². The Balaban J connectivity index is 2.75. The number of rotatable bonds is 5. The van der Waals surface area contributed by atoms with E-state index >= 15 is 0 Å². The molecule has 0 bridgehead atoms. The Kier molecular flexibility index (Phi) is 5.00. The third kappa shape index (κ3) is 4.38. The number of benzene rings is 1. The monoisotopic (exact) mass is 298 g/mol. The van der Waals surface area contributed by atoms with Crippen LogP contribution < -0.4 is 10.5 Å². The van der Waals surface area contributed by atoms with Gasteiger partial charge in [0.05, 0.1) is 10.6 Å². The minimum absolute atomic E-state index is 0.0625. The Morgan fingerprint density at radius 1 is 1.41 bits per heavy atom. The summed E-state index contributed by atoms with van der Waals surface area (Å²) in [6, 6.07) is 5.45. The van der Waals surface area contributed by atoms with Crippen LogP contribution in [0.2, 0.25) is 0 Å². The van der Waals surface area contributed by atoms with Gasteiger partial charge in [-0.05, 0) is 53.4 Å². The number of amidine groups is 1. The molecule has 17 heavy (non-hydrogen) atoms. The topological polar surface area (TPSA) is 59.1 Å². The number of ether oxygens (including phenoxy) is 1. The van der Waals surface area contributed by atoms with Crippen molar-refractivity contribution in [3.05, 3.63) is 28.2 Å². The van der Waals surface area contributed by atoms with Crippen molar-refractivity contribution < 1.29 is 4.74 Å². The van der Waals surface area contributed by atoms with Gasteiger partial charge in [-0.3, -0.25) is 5.41 Å². The standard InChI is InChI=1S/C13H19BrN2O/c1-8(2)6-9(3)17-12-5-4-10(13(15)16)7-11(12)14/h4-5,7-9H,6H2,1-3H3,(H3,15,16). The number of nitrogen functional groups attached to an aromatic ring is 1. The van der Waals surface area contributed by atoms with Crippen molar-refractivity contribution in [2.75, 3.05) is 0 Å². The van der Waals surface area contributed by atoms with Crippen LogP contribution in [0.4, 0.5) is 0 Å². The van der Waals surface area contributed by atoms with Crippen LogP contribution in [-0.2, 0) is 0 Å². The lowest BCUT2D eigenvalue weighted by Gasteiger charge is -2.17. The van der Waals surface area contributed by atoms with E-state index < -0.39 is 0 Å². The third-order valence-electron chi connectivity index (χ3n) is 2.37. The van der Waals surface area contributed by atoms with E-state index in [1.807, 2.05) is 6.07 Å². The zero-order valence-corrected chi connectivity index (χ0v) is 12.0. The Morgan fingerprint density at radius 3 is 2.53 bits per heavy atom. The summed E-state index contributed by atoms with van der Waals surface area (Å²) in [7, 11) is 0. The Morgan fingerprint density at radius 2 is 2.06 bits per heavy atom. The zero-order valence-electron chi connectivity index (χ0n) is 10.5. The fraction of sp³-hybridized carbons (Fsp3) is 0.462. The summed E-state index contributed by atoms with van der Waals surface area (Å²) < 4.78 is 6.67. The molecule has 1 aromatic carbocycles. The largest absolute Gasteiger partial charge is 0.490 e. The highest BCUT2D eigenvalue weighted by Crippen LogP contribution is 2.27. The van der Waals surface area contributed by atoms with Crippen molar-refractivity contribution in [1.82, 2.24) is 0 Å². The van der Waals surface area contributed by atoms with Gasteiger partial charge >= 0.3 is 0 Å². The van der Waals surface area contributed by atoms with Crippen LogP contribution >= 0.6 is 15.9 Å². The van der Waals surface area contributed by atoms with E-state index in [-0.39, 0.29) is 11.9 Å². The van der Waals surface area contributed by atoms with Crippen molar-refractivity contribution in [1.29, 1.82) is 5.41 Å². The molecule has 1 atom stereocenters. The first-order chi connectivity index (χ1) is 7.90. The normalized spacial score (nSPS) is 12.5. The molecule has 0 amide bonds. The first-order valence-corrected chi connectivity index (χ1v) is 6.50. The van der Waals surface area contributed by atoms with E-state index in [1.54, 1.807) is 12.1 Å². The van der Waals surface area contributed by atoms with Gasteiger partial charge in [0.25, 0.3) is 0 Å². The smallest absolute Gasteiger partial charge is 0.133 e. The van der Waals surface area contributed by atoms with Gasteiger partial charge in [0.2, 0.25) is 0 Å². The molecule has 0 aliphatic rings. The second-order valence-electron chi connectivity index (χ2n) is 4.62. The number of nitrogens with two attached hydrogens (primary N) is 1. The van der Waals surface area contributed by atoms with Crippen LogP contribution in [0.25, 0.3) is 0 Å². The molecule has 0 spiro atoms. The predicted octanol–water partition coefficient (Wildman–Crippen LogP) is 3.55. The van der Waals surface area contributed by atoms with Crippen LogP contribution in [0.3, 0.4) is 0 Å². The van der Waals surface area contributed by atoms with Crippen LogP contribution in [0.5, 0.6) is 5.75 Å². The maximum Gasteiger partial charge on any atom is 0.133 e. The first-order valence-electron chi connectivity index (χ1n) is 5.70. The van der Waals surface area contributed by atoms with Gasteiger partial charge in [-0.25, -0.2) is 0 Å². The second kappa shape index (κ2) is 6.05. The molecule has 0 fully saturated rings. The highest BCUT2D eigenvalue weighted by Gasteiger charge is 2.10. The van der Waals surface area contributed by atoms with Crippen LogP contribution in [0, 0.1) is 11.3 Å². The molecular weight excluding hydrogens is 280 g/mol. The number of hydrogen-bond acceptors (Lipinski definition) is 2. The van der Waals surface area contributed by atoms with Gasteiger partial charge in [0.15, 0.2) is 0 Å². The maximum absolute atomic E-state index is 7.35. The van der Waals surface area contributed by atoms with Gasteiger partial charge in [-0.1, -0.05) is 13.8 Å². The maximum atomic E-state index is 7.35. The van der Waals surface area contributed by atoms with Crippen molar-refractivity contribution in [2.24, 2.45) is 11.7 Å². The van der Waals surface area contributed by atoms with Crippen molar-refractivity contribution in [3.8, 4) is 5.75 Å². The highest BCUT2D eigenvalue weighted by atomic mass is 79.9. The number of nitrogens with one attached hydrogen (secondary N) is 1. The highest BCUT2D eigenvalue weighted by molar-refractivity contribution is 9.10. The zero-order chi connectivity index (χ0) is 13.0. The summed E-state index contributed by atoms with van der Waals surface area (Å²) in [6.07, 6.45) is 1.19. The van der Waals surface area contributed by atoms with E-state index in [9.17, 15) is 0 Å². The van der Waals surface area contributed by atoms with E-state index in [0.717, 1.165) is 16.6 Å². The molecule has 1 aromatic rings. The van der Waals surface area contributed by atoms with Gasteiger partial charge in [-0.2, -0.15) is 0 Å². The minimum atomic E-state index is 0.0625. The molecule has 0 saturated carbocycles. The molecule has 4 heteroatoms. The molecule has 3 N–H and O–H groups in total. The minimum Gasteiger partial charge on any atom is -0.490 e. The van der Waals surface area contributed by atoms with Crippen molar-refractivity contribution in [3.63, 3.8) is 0 Å². The third-order valence-corrected chi connectivity index (χ3v) is 2.99. The van der Waals surface area contributed by atoms with Crippen LogP contribution in [-0.4, -0.2) is 11.9 Å². The molecule has 0 aliphatic heterocycles. The van der Waals surface area contributed by atoms with E-state index in [4.69, 9.17) is 15.9 Å². The summed E-state index contributed by atoms with van der Waals surface area (Å²) in [5.41, 5.74) is 6.12. The Bertz CT molecular complexity index is 404. The lowest BCUT2D eigenvalue weighted by Crippen LogP contribution is -2.15. The predicted molar refractivity (Wildman–Crippen MR) is 74.7 cm³/mol. The van der Waals surface area contributed by atoms with Gasteiger partial charge in [0, 0.05) is 5.56 Å².